The van der Waals surface area contributed by atoms with Crippen molar-refractivity contribution in [2.24, 2.45) is 0 Å². The standard InChI is InChI=1S/C12H14O3/c1-4-9-10(12(13)15-5-2)7-6-8-11(9)14-3/h4,6-8H,1,5H2,2-3H3. The molecule has 1 aromatic carbocycles. The number of methoxy groups -OCH3 is 1. The summed E-state index contributed by atoms with van der Waals surface area (Å²) in [5, 5.41) is 0. The van der Waals surface area contributed by atoms with Gasteiger partial charge in [0.25, 0.3) is 0 Å². The normalized spacial score (nSPS) is 9.47. The van der Waals surface area contributed by atoms with Gasteiger partial charge in [0.05, 0.1) is 19.3 Å². The molecule has 1 rings (SSSR count). The van der Waals surface area contributed by atoms with Gasteiger partial charge in [-0.25, -0.2) is 4.79 Å². The van der Waals surface area contributed by atoms with Gasteiger partial charge in [0.15, 0.2) is 0 Å². The highest BCUT2D eigenvalue weighted by Gasteiger charge is 2.13. The minimum absolute atomic E-state index is 0.354. The molecule has 0 heterocycles. The molecule has 3 heteroatoms. The lowest BCUT2D eigenvalue weighted by Gasteiger charge is -2.09. The van der Waals surface area contributed by atoms with Crippen LogP contribution in [-0.2, 0) is 4.74 Å². The van der Waals surface area contributed by atoms with Crippen molar-refractivity contribution in [3.63, 3.8) is 0 Å². The van der Waals surface area contributed by atoms with Crippen molar-refractivity contribution in [3.05, 3.63) is 35.9 Å². The molecule has 0 aliphatic rings. The predicted octanol–water partition coefficient (Wildman–Crippen LogP) is 2.51. The van der Waals surface area contributed by atoms with Crippen molar-refractivity contribution in [1.82, 2.24) is 0 Å². The molecule has 0 radical (unpaired) electrons. The third-order valence-corrected chi connectivity index (χ3v) is 1.99. The Labute approximate surface area is 89.3 Å². The van der Waals surface area contributed by atoms with Gasteiger partial charge < -0.3 is 9.47 Å². The first-order chi connectivity index (χ1) is 7.24. The molecule has 0 unspecified atom stereocenters. The SMILES string of the molecule is C=Cc1c(OC)cccc1C(=O)OCC. The van der Waals surface area contributed by atoms with E-state index in [1.54, 1.807) is 38.3 Å². The van der Waals surface area contributed by atoms with E-state index in [0.717, 1.165) is 0 Å². The van der Waals surface area contributed by atoms with E-state index in [-0.39, 0.29) is 5.97 Å². The van der Waals surface area contributed by atoms with E-state index >= 15 is 0 Å². The Morgan fingerprint density at radius 2 is 2.27 bits per heavy atom. The van der Waals surface area contributed by atoms with Gasteiger partial charge in [-0.3, -0.25) is 0 Å². The highest BCUT2D eigenvalue weighted by Crippen LogP contribution is 2.23. The van der Waals surface area contributed by atoms with E-state index in [4.69, 9.17) is 9.47 Å². The Hall–Kier alpha value is -1.77. The average Bonchev–Trinajstić information content (AvgIpc) is 2.28. The number of carbonyl (C=O) groups is 1. The maximum absolute atomic E-state index is 11.6. The molecule has 0 fully saturated rings. The number of ether oxygens (including phenoxy) is 2. The minimum Gasteiger partial charge on any atom is -0.496 e. The summed E-state index contributed by atoms with van der Waals surface area (Å²) in [6.07, 6.45) is 1.59. The van der Waals surface area contributed by atoms with Crippen molar-refractivity contribution in [2.45, 2.75) is 6.92 Å². The Bertz CT molecular complexity index is 369. The monoisotopic (exact) mass is 206 g/mol. The average molecular weight is 206 g/mol. The van der Waals surface area contributed by atoms with Crippen LogP contribution in [0.1, 0.15) is 22.8 Å². The third-order valence-electron chi connectivity index (χ3n) is 1.99. The first-order valence-corrected chi connectivity index (χ1v) is 4.71. The molecular formula is C12H14O3. The summed E-state index contributed by atoms with van der Waals surface area (Å²) < 4.78 is 10.1. The minimum atomic E-state index is -0.355. The van der Waals surface area contributed by atoms with Crippen LogP contribution in [0.2, 0.25) is 0 Å². The summed E-state index contributed by atoms with van der Waals surface area (Å²) in [7, 11) is 1.55. The zero-order valence-corrected chi connectivity index (χ0v) is 8.95. The van der Waals surface area contributed by atoms with Crippen molar-refractivity contribution in [1.29, 1.82) is 0 Å². The summed E-state index contributed by atoms with van der Waals surface area (Å²) >= 11 is 0. The number of benzene rings is 1. The fraction of sp³-hybridized carbons (Fsp3) is 0.250. The first-order valence-electron chi connectivity index (χ1n) is 4.71. The maximum Gasteiger partial charge on any atom is 0.338 e. The molecule has 0 atom stereocenters. The van der Waals surface area contributed by atoms with Crippen molar-refractivity contribution >= 4 is 12.0 Å². The van der Waals surface area contributed by atoms with Crippen LogP contribution < -0.4 is 4.74 Å². The van der Waals surface area contributed by atoms with Crippen LogP contribution in [-0.4, -0.2) is 19.7 Å². The second kappa shape index (κ2) is 5.20. The largest absolute Gasteiger partial charge is 0.496 e. The van der Waals surface area contributed by atoms with E-state index in [1.807, 2.05) is 0 Å². The smallest absolute Gasteiger partial charge is 0.338 e. The lowest BCUT2D eigenvalue weighted by atomic mass is 10.1. The van der Waals surface area contributed by atoms with E-state index < -0.39 is 0 Å². The molecule has 0 saturated heterocycles. The predicted molar refractivity (Wildman–Crippen MR) is 59.0 cm³/mol. The molecule has 0 aliphatic heterocycles. The highest BCUT2D eigenvalue weighted by atomic mass is 16.5. The van der Waals surface area contributed by atoms with Crippen LogP contribution in [0.15, 0.2) is 24.8 Å². The lowest BCUT2D eigenvalue weighted by Crippen LogP contribution is -2.07. The number of carbonyl (C=O) groups excluding carboxylic acids is 1. The molecule has 0 N–H and O–H groups in total. The fourth-order valence-electron chi connectivity index (χ4n) is 1.32. The Kier molecular flexibility index (Phi) is 3.92. The van der Waals surface area contributed by atoms with E-state index in [2.05, 4.69) is 6.58 Å². The van der Waals surface area contributed by atoms with Gasteiger partial charge in [0.2, 0.25) is 0 Å². The molecule has 0 spiro atoms. The first kappa shape index (κ1) is 11.3. The maximum atomic E-state index is 11.6. The molecule has 1 aromatic rings. The molecule has 15 heavy (non-hydrogen) atoms. The van der Waals surface area contributed by atoms with Crippen molar-refractivity contribution in [2.75, 3.05) is 13.7 Å². The Morgan fingerprint density at radius 3 is 2.80 bits per heavy atom. The molecule has 80 valence electrons. The zero-order chi connectivity index (χ0) is 11.3. The summed E-state index contributed by atoms with van der Waals surface area (Å²) in [6, 6.07) is 5.22. The molecule has 0 saturated carbocycles. The lowest BCUT2D eigenvalue weighted by molar-refractivity contribution is 0.0525. The number of hydrogen-bond donors (Lipinski definition) is 0. The van der Waals surface area contributed by atoms with Gasteiger partial charge in [-0.1, -0.05) is 18.7 Å². The second-order valence-electron chi connectivity index (χ2n) is 2.85. The molecule has 0 amide bonds. The highest BCUT2D eigenvalue weighted by molar-refractivity contribution is 5.94. The van der Waals surface area contributed by atoms with E-state index in [9.17, 15) is 4.79 Å². The van der Waals surface area contributed by atoms with Gasteiger partial charge in [-0.2, -0.15) is 0 Å². The number of esters is 1. The molecule has 3 nitrogen and oxygen atoms in total. The fourth-order valence-corrected chi connectivity index (χ4v) is 1.32. The van der Waals surface area contributed by atoms with E-state index in [1.165, 1.54) is 0 Å². The van der Waals surface area contributed by atoms with Crippen LogP contribution in [0.25, 0.3) is 6.08 Å². The molecule has 0 aromatic heterocycles. The van der Waals surface area contributed by atoms with Crippen LogP contribution in [0.5, 0.6) is 5.75 Å². The zero-order valence-electron chi connectivity index (χ0n) is 8.95. The molecule has 0 aliphatic carbocycles. The van der Waals surface area contributed by atoms with Gasteiger partial charge in [-0.05, 0) is 19.1 Å². The van der Waals surface area contributed by atoms with Crippen LogP contribution >= 0.6 is 0 Å². The Morgan fingerprint density at radius 1 is 1.53 bits per heavy atom. The van der Waals surface area contributed by atoms with Gasteiger partial charge in [0, 0.05) is 5.56 Å². The molecular weight excluding hydrogens is 192 g/mol. The van der Waals surface area contributed by atoms with Gasteiger partial charge >= 0.3 is 5.97 Å². The topological polar surface area (TPSA) is 35.5 Å². The molecule has 0 bridgehead atoms. The van der Waals surface area contributed by atoms with Crippen LogP contribution in [0, 0.1) is 0 Å². The van der Waals surface area contributed by atoms with Gasteiger partial charge in [0.1, 0.15) is 5.75 Å². The van der Waals surface area contributed by atoms with Crippen LogP contribution in [0.3, 0.4) is 0 Å². The quantitative estimate of drug-likeness (QED) is 0.710. The summed E-state index contributed by atoms with van der Waals surface area (Å²) in [5.74, 6) is 0.266. The summed E-state index contributed by atoms with van der Waals surface area (Å²) in [4.78, 5) is 11.6. The van der Waals surface area contributed by atoms with Gasteiger partial charge in [-0.15, -0.1) is 0 Å². The Balaban J connectivity index is 3.16. The van der Waals surface area contributed by atoms with Crippen LogP contribution in [0.4, 0.5) is 0 Å². The third kappa shape index (κ3) is 2.37. The van der Waals surface area contributed by atoms with Crippen molar-refractivity contribution in [3.8, 4) is 5.75 Å². The summed E-state index contributed by atoms with van der Waals surface area (Å²) in [5.41, 5.74) is 1.14. The number of hydrogen-bond acceptors (Lipinski definition) is 3. The second-order valence-corrected chi connectivity index (χ2v) is 2.85. The van der Waals surface area contributed by atoms with E-state index in [0.29, 0.717) is 23.5 Å². The van der Waals surface area contributed by atoms with Crippen molar-refractivity contribution < 1.29 is 14.3 Å². The summed E-state index contributed by atoms with van der Waals surface area (Å²) in [6.45, 7) is 5.78. The number of rotatable bonds is 4.